The molecule has 6 atom stereocenters. The third-order valence-electron chi connectivity index (χ3n) is 4.97. The van der Waals surface area contributed by atoms with Crippen LogP contribution in [0.2, 0.25) is 0 Å². The van der Waals surface area contributed by atoms with Gasteiger partial charge < -0.3 is 20.4 Å². The summed E-state index contributed by atoms with van der Waals surface area (Å²) in [5, 5.41) is 39.5. The van der Waals surface area contributed by atoms with Crippen molar-refractivity contribution in [1.82, 2.24) is 0 Å². The van der Waals surface area contributed by atoms with Crippen molar-refractivity contribution < 1.29 is 20.4 Å². The Balaban J connectivity index is 4.71. The number of hydrogen-bond donors (Lipinski definition) is 4. The number of aliphatic hydroxyl groups excluding tert-OH is 4. The molecule has 0 rings (SSSR count). The van der Waals surface area contributed by atoms with E-state index in [1.54, 1.807) is 6.92 Å². The Kier molecular flexibility index (Phi) is 8.91. The molecule has 0 spiro atoms. The largest absolute Gasteiger partial charge is 0.396 e. The van der Waals surface area contributed by atoms with Crippen LogP contribution in [0.15, 0.2) is 0 Å². The van der Waals surface area contributed by atoms with Gasteiger partial charge >= 0.3 is 0 Å². The molecular weight excluding hydrogens is 256 g/mol. The Morgan fingerprint density at radius 3 is 1.95 bits per heavy atom. The van der Waals surface area contributed by atoms with Crippen LogP contribution in [0, 0.1) is 17.3 Å². The number of rotatable bonds is 10. The van der Waals surface area contributed by atoms with E-state index in [0.29, 0.717) is 12.8 Å². The van der Waals surface area contributed by atoms with Crippen molar-refractivity contribution in [2.45, 2.75) is 78.6 Å². The van der Waals surface area contributed by atoms with Gasteiger partial charge in [-0.2, -0.15) is 0 Å². The lowest BCUT2D eigenvalue weighted by Crippen LogP contribution is -2.41. The van der Waals surface area contributed by atoms with E-state index in [4.69, 9.17) is 5.11 Å². The first kappa shape index (κ1) is 19.8. The van der Waals surface area contributed by atoms with Gasteiger partial charge in [-0.15, -0.1) is 0 Å². The molecule has 0 aliphatic carbocycles. The summed E-state index contributed by atoms with van der Waals surface area (Å²) in [6.45, 7) is 9.73. The average molecular weight is 290 g/mol. The molecule has 0 radical (unpaired) electrons. The third-order valence-corrected chi connectivity index (χ3v) is 4.97. The van der Waals surface area contributed by atoms with Crippen LogP contribution in [0.4, 0.5) is 0 Å². The molecule has 0 fully saturated rings. The normalized spacial score (nSPS) is 22.6. The highest BCUT2D eigenvalue weighted by molar-refractivity contribution is 4.85. The highest BCUT2D eigenvalue weighted by Crippen LogP contribution is 2.34. The Labute approximate surface area is 123 Å². The Bertz CT molecular complexity index is 257. The Hall–Kier alpha value is -0.160. The van der Waals surface area contributed by atoms with Crippen LogP contribution in [0.25, 0.3) is 0 Å². The van der Waals surface area contributed by atoms with Crippen molar-refractivity contribution in [1.29, 1.82) is 0 Å². The standard InChI is InChI=1S/C16H34O4/c1-6-13(12(4)18)11(3)15(20)14(19)10-16(5,7-2)8-9-17/h11-15,17-20H,6-10H2,1-5H3. The van der Waals surface area contributed by atoms with Crippen molar-refractivity contribution in [3.63, 3.8) is 0 Å². The summed E-state index contributed by atoms with van der Waals surface area (Å²) >= 11 is 0. The highest BCUT2D eigenvalue weighted by Gasteiger charge is 2.34. The van der Waals surface area contributed by atoms with Gasteiger partial charge in [0.2, 0.25) is 0 Å². The maximum Gasteiger partial charge on any atom is 0.0828 e. The summed E-state index contributed by atoms with van der Waals surface area (Å²) in [5.41, 5.74) is -0.165. The molecule has 4 N–H and O–H groups in total. The quantitative estimate of drug-likeness (QED) is 0.496. The molecule has 0 aromatic carbocycles. The first-order valence-corrected chi connectivity index (χ1v) is 7.87. The fourth-order valence-corrected chi connectivity index (χ4v) is 3.07. The topological polar surface area (TPSA) is 80.9 Å². The molecule has 4 heteroatoms. The number of aliphatic hydroxyl groups is 4. The Morgan fingerprint density at radius 2 is 1.60 bits per heavy atom. The molecule has 0 amide bonds. The van der Waals surface area contributed by atoms with Gasteiger partial charge in [0, 0.05) is 6.61 Å². The van der Waals surface area contributed by atoms with Crippen LogP contribution in [0.3, 0.4) is 0 Å². The number of hydrogen-bond acceptors (Lipinski definition) is 4. The van der Waals surface area contributed by atoms with Gasteiger partial charge in [0.05, 0.1) is 18.3 Å². The lowest BCUT2D eigenvalue weighted by molar-refractivity contribution is -0.0663. The van der Waals surface area contributed by atoms with Crippen molar-refractivity contribution in [3.05, 3.63) is 0 Å². The summed E-state index contributed by atoms with van der Waals surface area (Å²) < 4.78 is 0. The Morgan fingerprint density at radius 1 is 1.05 bits per heavy atom. The summed E-state index contributed by atoms with van der Waals surface area (Å²) in [5.74, 6) is -0.185. The third kappa shape index (κ3) is 5.68. The van der Waals surface area contributed by atoms with Crippen molar-refractivity contribution in [2.75, 3.05) is 6.61 Å². The van der Waals surface area contributed by atoms with E-state index in [1.165, 1.54) is 0 Å². The molecule has 6 unspecified atom stereocenters. The van der Waals surface area contributed by atoms with E-state index < -0.39 is 18.3 Å². The first-order valence-electron chi connectivity index (χ1n) is 7.87. The van der Waals surface area contributed by atoms with Gasteiger partial charge in [0.1, 0.15) is 0 Å². The van der Waals surface area contributed by atoms with Crippen LogP contribution in [-0.2, 0) is 0 Å². The summed E-state index contributed by atoms with van der Waals surface area (Å²) in [6.07, 6.45) is 0.533. The minimum absolute atomic E-state index is 0.0228. The highest BCUT2D eigenvalue weighted by atomic mass is 16.3. The van der Waals surface area contributed by atoms with Crippen molar-refractivity contribution >= 4 is 0 Å². The second-order valence-electron chi connectivity index (χ2n) is 6.57. The summed E-state index contributed by atoms with van der Waals surface area (Å²) in [4.78, 5) is 0. The molecule has 4 nitrogen and oxygen atoms in total. The average Bonchev–Trinajstić information content (AvgIpc) is 2.38. The van der Waals surface area contributed by atoms with Crippen LogP contribution < -0.4 is 0 Å². The van der Waals surface area contributed by atoms with Gasteiger partial charge in [0.25, 0.3) is 0 Å². The van der Waals surface area contributed by atoms with Gasteiger partial charge in [-0.3, -0.25) is 0 Å². The molecule has 0 aromatic rings. The summed E-state index contributed by atoms with van der Waals surface area (Å²) in [7, 11) is 0. The van der Waals surface area contributed by atoms with Crippen LogP contribution in [0.5, 0.6) is 0 Å². The predicted molar refractivity (Wildman–Crippen MR) is 81.4 cm³/mol. The van der Waals surface area contributed by atoms with Crippen LogP contribution >= 0.6 is 0 Å². The zero-order valence-corrected chi connectivity index (χ0v) is 13.7. The molecule has 0 aliphatic rings. The maximum absolute atomic E-state index is 10.3. The predicted octanol–water partition coefficient (Wildman–Crippen LogP) is 1.94. The molecular formula is C16H34O4. The molecule has 0 bridgehead atoms. The molecule has 0 heterocycles. The van der Waals surface area contributed by atoms with E-state index in [9.17, 15) is 15.3 Å². The molecule has 0 saturated carbocycles. The molecule has 0 aliphatic heterocycles. The fourth-order valence-electron chi connectivity index (χ4n) is 3.07. The minimum atomic E-state index is -0.848. The lowest BCUT2D eigenvalue weighted by atomic mass is 9.75. The van der Waals surface area contributed by atoms with E-state index in [0.717, 1.165) is 12.8 Å². The minimum Gasteiger partial charge on any atom is -0.396 e. The first-order chi connectivity index (χ1) is 9.22. The molecule has 20 heavy (non-hydrogen) atoms. The van der Waals surface area contributed by atoms with E-state index in [2.05, 4.69) is 0 Å². The lowest BCUT2D eigenvalue weighted by Gasteiger charge is -2.36. The zero-order valence-electron chi connectivity index (χ0n) is 13.7. The molecule has 0 saturated heterocycles. The van der Waals surface area contributed by atoms with Gasteiger partial charge in [-0.1, -0.05) is 40.5 Å². The van der Waals surface area contributed by atoms with Gasteiger partial charge in [-0.05, 0) is 37.0 Å². The SMILES string of the molecule is CCC(C(C)O)C(C)C(O)C(O)CC(C)(CC)CCO. The van der Waals surface area contributed by atoms with Gasteiger partial charge in [0.15, 0.2) is 0 Å². The monoisotopic (exact) mass is 290 g/mol. The summed E-state index contributed by atoms with van der Waals surface area (Å²) in [6, 6.07) is 0. The van der Waals surface area contributed by atoms with E-state index in [-0.39, 0.29) is 23.9 Å². The van der Waals surface area contributed by atoms with Crippen molar-refractivity contribution in [2.24, 2.45) is 17.3 Å². The van der Waals surface area contributed by atoms with Gasteiger partial charge in [-0.25, -0.2) is 0 Å². The second-order valence-corrected chi connectivity index (χ2v) is 6.57. The second kappa shape index (κ2) is 8.98. The molecule has 0 aromatic heterocycles. The van der Waals surface area contributed by atoms with Crippen LogP contribution in [0.1, 0.15) is 60.3 Å². The fraction of sp³-hybridized carbons (Fsp3) is 1.00. The van der Waals surface area contributed by atoms with Crippen molar-refractivity contribution in [3.8, 4) is 0 Å². The van der Waals surface area contributed by atoms with Crippen LogP contribution in [-0.4, -0.2) is 45.3 Å². The van der Waals surface area contributed by atoms with E-state index in [1.807, 2.05) is 27.7 Å². The van der Waals surface area contributed by atoms with E-state index >= 15 is 0 Å². The zero-order chi connectivity index (χ0) is 15.9. The maximum atomic E-state index is 10.3. The smallest absolute Gasteiger partial charge is 0.0828 e. The molecule has 122 valence electrons.